The summed E-state index contributed by atoms with van der Waals surface area (Å²) < 4.78 is 13.2. The molecule has 1 N–H and O–H groups in total. The second-order valence-electron chi connectivity index (χ2n) is 7.32. The second kappa shape index (κ2) is 11.4. The van der Waals surface area contributed by atoms with Crippen LogP contribution in [0.5, 0.6) is 5.75 Å². The van der Waals surface area contributed by atoms with E-state index in [1.54, 1.807) is 24.4 Å². The van der Waals surface area contributed by atoms with E-state index in [0.29, 0.717) is 22.3 Å². The molecule has 0 spiro atoms. The molecule has 4 aromatic rings. The lowest BCUT2D eigenvalue weighted by molar-refractivity contribution is -0.118. The minimum Gasteiger partial charge on any atom is -0.482 e. The van der Waals surface area contributed by atoms with Crippen molar-refractivity contribution in [1.29, 1.82) is 0 Å². The minimum absolute atomic E-state index is 0.0320. The molecule has 11 heteroatoms. The molecule has 35 heavy (non-hydrogen) atoms. The third-order valence-electron chi connectivity index (χ3n) is 4.99. The van der Waals surface area contributed by atoms with Crippen molar-refractivity contribution in [2.75, 3.05) is 5.75 Å². The maximum Gasteiger partial charge on any atom is 0.277 e. The highest BCUT2D eigenvalue weighted by atomic mass is 35.5. The molecule has 8 nitrogen and oxygen atoms in total. The number of hydrogen-bond acceptors (Lipinski definition) is 7. The number of nitrogens with one attached hydrogen (secondary N) is 1. The Hall–Kier alpha value is -3.27. The van der Waals surface area contributed by atoms with Crippen LogP contribution in [0.15, 0.2) is 69.9 Å². The number of carbonyl (C=O) groups is 1. The number of rotatable bonds is 10. The fourth-order valence-electron chi connectivity index (χ4n) is 3.40. The highest BCUT2D eigenvalue weighted by molar-refractivity contribution is 7.99. The Bertz CT molecular complexity index is 1400. The highest BCUT2D eigenvalue weighted by Crippen LogP contribution is 2.28. The van der Waals surface area contributed by atoms with E-state index >= 15 is 0 Å². The first-order valence-electron chi connectivity index (χ1n) is 10.5. The number of hydrogen-bond donors (Lipinski definition) is 1. The molecule has 4 rings (SSSR count). The van der Waals surface area contributed by atoms with Crippen molar-refractivity contribution >= 4 is 58.0 Å². The smallest absolute Gasteiger partial charge is 0.277 e. The Balaban J connectivity index is 1.30. The summed E-state index contributed by atoms with van der Waals surface area (Å²) in [5.41, 5.74) is 5.61. The van der Waals surface area contributed by atoms with Gasteiger partial charge in [-0.25, -0.2) is 5.43 Å². The number of hydrazone groups is 1. The minimum atomic E-state index is -0.303. The molecule has 2 aromatic carbocycles. The number of halogens is 2. The summed E-state index contributed by atoms with van der Waals surface area (Å²) in [6.07, 6.45) is 3.51. The first kappa shape index (κ1) is 24.8. The van der Waals surface area contributed by atoms with Gasteiger partial charge in [0.15, 0.2) is 6.61 Å². The molecule has 0 saturated heterocycles. The van der Waals surface area contributed by atoms with Gasteiger partial charge in [0.2, 0.25) is 0 Å². The van der Waals surface area contributed by atoms with Gasteiger partial charge in [0.1, 0.15) is 5.75 Å². The Kier molecular flexibility index (Phi) is 8.12. The maximum absolute atomic E-state index is 12.2. The number of amides is 1. The van der Waals surface area contributed by atoms with Crippen molar-refractivity contribution in [3.05, 3.63) is 82.3 Å². The summed E-state index contributed by atoms with van der Waals surface area (Å²) in [7, 11) is 0. The first-order chi connectivity index (χ1) is 17.0. The van der Waals surface area contributed by atoms with Crippen LogP contribution in [0.2, 0.25) is 10.0 Å². The lowest BCUT2D eigenvalue weighted by Gasteiger charge is -2.05. The molecular weight excluding hydrogens is 509 g/mol. The molecule has 0 saturated carbocycles. The molecule has 0 radical (unpaired) electrons. The molecule has 0 aliphatic rings. The van der Waals surface area contributed by atoms with Gasteiger partial charge in [0.25, 0.3) is 17.0 Å². The number of nitrogens with zero attached hydrogens (tertiary/aromatic N) is 4. The van der Waals surface area contributed by atoms with Crippen molar-refractivity contribution < 1.29 is 13.9 Å². The van der Waals surface area contributed by atoms with E-state index in [2.05, 4.69) is 31.9 Å². The van der Waals surface area contributed by atoms with E-state index in [1.165, 1.54) is 0 Å². The second-order valence-corrected chi connectivity index (χ2v) is 9.09. The van der Waals surface area contributed by atoms with Crippen LogP contribution in [0.1, 0.15) is 17.1 Å². The number of benzene rings is 2. The molecule has 1 amide bonds. The van der Waals surface area contributed by atoms with Gasteiger partial charge < -0.3 is 13.7 Å². The van der Waals surface area contributed by atoms with Crippen molar-refractivity contribution in [2.45, 2.75) is 25.3 Å². The van der Waals surface area contributed by atoms with Gasteiger partial charge >= 0.3 is 0 Å². The summed E-state index contributed by atoms with van der Waals surface area (Å²) in [5, 5.41) is 14.1. The zero-order valence-corrected chi connectivity index (χ0v) is 21.0. The Labute approximate surface area is 215 Å². The molecule has 0 fully saturated rings. The van der Waals surface area contributed by atoms with Crippen LogP contribution in [0.4, 0.5) is 0 Å². The van der Waals surface area contributed by atoms with Crippen LogP contribution < -0.4 is 10.2 Å². The largest absolute Gasteiger partial charge is 0.482 e. The third kappa shape index (κ3) is 6.05. The molecule has 0 aliphatic heterocycles. The van der Waals surface area contributed by atoms with Gasteiger partial charge in [-0.05, 0) is 31.2 Å². The molecule has 2 heterocycles. The Morgan fingerprint density at radius 3 is 2.91 bits per heavy atom. The van der Waals surface area contributed by atoms with Crippen LogP contribution in [0, 0.1) is 6.92 Å². The average molecular weight is 530 g/mol. The van der Waals surface area contributed by atoms with E-state index < -0.39 is 0 Å². The zero-order chi connectivity index (χ0) is 24.8. The van der Waals surface area contributed by atoms with E-state index in [4.69, 9.17) is 32.4 Å². The zero-order valence-electron chi connectivity index (χ0n) is 18.7. The molecule has 0 bridgehead atoms. The van der Waals surface area contributed by atoms with Crippen LogP contribution in [-0.4, -0.2) is 32.6 Å². The number of thioether (sulfide) groups is 1. The van der Waals surface area contributed by atoms with Gasteiger partial charge in [-0.2, -0.15) is 5.10 Å². The highest BCUT2D eigenvalue weighted by Gasteiger charge is 2.13. The summed E-state index contributed by atoms with van der Waals surface area (Å²) in [6.45, 7) is 6.56. The van der Waals surface area contributed by atoms with Gasteiger partial charge in [0, 0.05) is 33.7 Å². The molecule has 0 unspecified atom stereocenters. The van der Waals surface area contributed by atoms with E-state index in [0.717, 1.165) is 33.9 Å². The van der Waals surface area contributed by atoms with Gasteiger partial charge in [-0.3, -0.25) is 4.79 Å². The van der Waals surface area contributed by atoms with E-state index in [9.17, 15) is 4.79 Å². The fraction of sp³-hybridized carbons (Fsp3) is 0.167. The maximum atomic E-state index is 12.2. The predicted octanol–water partition coefficient (Wildman–Crippen LogP) is 5.65. The summed E-state index contributed by atoms with van der Waals surface area (Å²) in [5.74, 6) is 0.453. The van der Waals surface area contributed by atoms with E-state index in [1.807, 2.05) is 37.3 Å². The average Bonchev–Trinajstić information content (AvgIpc) is 3.41. The van der Waals surface area contributed by atoms with Crippen LogP contribution in [0.25, 0.3) is 10.9 Å². The number of ether oxygens (including phenoxy) is 1. The summed E-state index contributed by atoms with van der Waals surface area (Å²) in [6, 6.07) is 12.9. The van der Waals surface area contributed by atoms with Crippen molar-refractivity contribution in [3.8, 4) is 5.75 Å². The van der Waals surface area contributed by atoms with Crippen LogP contribution in [0.3, 0.4) is 0 Å². The number of allylic oxidation sites excluding steroid dienone is 1. The normalized spacial score (nSPS) is 11.3. The van der Waals surface area contributed by atoms with Crippen molar-refractivity contribution in [2.24, 2.45) is 5.10 Å². The molecule has 180 valence electrons. The van der Waals surface area contributed by atoms with Gasteiger partial charge in [-0.15, -0.1) is 16.8 Å². The predicted molar refractivity (Wildman–Crippen MR) is 138 cm³/mol. The molecule has 0 aliphatic carbocycles. The molecule has 0 atom stereocenters. The number of para-hydroxylation sites is 1. The number of aromatic nitrogens is 3. The monoisotopic (exact) mass is 529 g/mol. The Morgan fingerprint density at radius 2 is 2.11 bits per heavy atom. The lowest BCUT2D eigenvalue weighted by Crippen LogP contribution is -2.19. The standard InChI is InChI=1S/C24H21Cl2N5O3S/c1-3-10-31-15(2)18(17-6-4-5-7-20(17)31)12-27-28-22(32)14-35-24-30-29-23(34-24)13-33-21-9-8-16(25)11-19(21)26/h3-9,11-12H,1,10,13-14H2,2H3,(H,28,32)/b27-12-. The summed E-state index contributed by atoms with van der Waals surface area (Å²) in [4.78, 5) is 12.2. The van der Waals surface area contributed by atoms with Crippen LogP contribution >= 0.6 is 35.0 Å². The van der Waals surface area contributed by atoms with Gasteiger partial charge in [-0.1, -0.05) is 59.2 Å². The Morgan fingerprint density at radius 1 is 1.29 bits per heavy atom. The molecular formula is C24H21Cl2N5O3S. The van der Waals surface area contributed by atoms with Crippen LogP contribution in [-0.2, 0) is 17.9 Å². The van der Waals surface area contributed by atoms with E-state index in [-0.39, 0.29) is 29.4 Å². The van der Waals surface area contributed by atoms with Gasteiger partial charge in [0.05, 0.1) is 17.0 Å². The van der Waals surface area contributed by atoms with Crippen molar-refractivity contribution in [1.82, 2.24) is 20.2 Å². The fourth-order valence-corrected chi connectivity index (χ4v) is 4.44. The topological polar surface area (TPSA) is 94.5 Å². The quantitative estimate of drug-likeness (QED) is 0.123. The lowest BCUT2D eigenvalue weighted by atomic mass is 10.1. The summed E-state index contributed by atoms with van der Waals surface area (Å²) >= 11 is 13.0. The first-order valence-corrected chi connectivity index (χ1v) is 12.2. The molecule has 2 aromatic heterocycles. The SMILES string of the molecule is C=CCn1c(C)c(/C=N\NC(=O)CSc2nnc(COc3ccc(Cl)cc3Cl)o2)c2ccccc21. The van der Waals surface area contributed by atoms with Crippen molar-refractivity contribution in [3.63, 3.8) is 0 Å². The number of fused-ring (bicyclic) bond motifs is 1. The number of carbonyl (C=O) groups excluding carboxylic acids is 1. The third-order valence-corrected chi connectivity index (χ3v) is 6.34.